The Labute approximate surface area is 610 Å². The number of hydrogen-bond acceptors (Lipinski definition) is 9. The average molecular weight is 1370 g/mol. The third-order valence-electron chi connectivity index (χ3n) is 21.0. The van der Waals surface area contributed by atoms with Gasteiger partial charge in [0, 0.05) is 104 Å². The van der Waals surface area contributed by atoms with E-state index in [0.29, 0.717) is 46.1 Å². The molecule has 7 aromatic heterocycles. The second-order valence-electron chi connectivity index (χ2n) is 27.2. The van der Waals surface area contributed by atoms with Crippen LogP contribution in [0, 0.1) is 0 Å². The Bertz CT molecular complexity index is 7310. The predicted molar refractivity (Wildman–Crippen MR) is 433 cm³/mol. The van der Waals surface area contributed by atoms with Gasteiger partial charge in [-0.3, -0.25) is 0 Å². The maximum Gasteiger partial charge on any atom is 0.164 e. The van der Waals surface area contributed by atoms with Crippen LogP contribution in [0.1, 0.15) is 0 Å². The molecule has 0 unspecified atom stereocenters. The van der Waals surface area contributed by atoms with Gasteiger partial charge < -0.3 is 22.4 Å². The molecule has 0 saturated carbocycles. The van der Waals surface area contributed by atoms with Gasteiger partial charge >= 0.3 is 0 Å². The van der Waals surface area contributed by atoms with Crippen molar-refractivity contribution in [3.05, 3.63) is 340 Å². The number of furan rings is 3. The van der Waals surface area contributed by atoms with Crippen molar-refractivity contribution in [2.45, 2.75) is 0 Å². The minimum Gasteiger partial charge on any atom is -0.456 e. The van der Waals surface area contributed by atoms with Crippen LogP contribution >= 0.6 is 0 Å². The highest BCUT2D eigenvalue weighted by molar-refractivity contribution is 6.21. The molecule has 11 heteroatoms. The van der Waals surface area contributed by atoms with Crippen LogP contribution in [0.5, 0.6) is 0 Å². The molecule has 7 heterocycles. The standard InChI is InChI=1S/C96H56N8O3/c1-6-23-57(24-7-1)91-97-92(58-25-8-2-9-26-58)101-96(100-91)72-47-46-68(90-89(72)77-54-63(45-50-84(77)107-90)67-37-21-41-85-87(67)70-36-17-19-40-82(70)105-85)62-29-20-30-64(51-62)94-98-93(59-27-10-3-11-28-59)99-95(102-94)71-38-22-42-86-88(71)76-53-61(44-49-83(76)106-86)60-43-48-79-73(52-60)75-56-80-74(55-81(75)104(79)66-33-14-5-15-34-66)69-35-16-18-39-78(69)103(80)65-31-12-4-13-32-65/h1-56H. The highest BCUT2D eigenvalue weighted by atomic mass is 16.3. The first-order valence-electron chi connectivity index (χ1n) is 35.8. The Hall–Kier alpha value is -14.7. The lowest BCUT2D eigenvalue weighted by Crippen LogP contribution is -2.01. The zero-order chi connectivity index (χ0) is 70.2. The first kappa shape index (κ1) is 60.0. The number of nitrogens with zero attached hydrogens (tertiary/aromatic N) is 8. The van der Waals surface area contributed by atoms with Crippen LogP contribution < -0.4 is 0 Å². The van der Waals surface area contributed by atoms with Gasteiger partial charge in [-0.2, -0.15) is 0 Å². The molecular formula is C96H56N8O3. The Morgan fingerprint density at radius 1 is 0.187 bits per heavy atom. The summed E-state index contributed by atoms with van der Waals surface area (Å²) in [5, 5.41) is 10.4. The molecule has 0 aliphatic heterocycles. The summed E-state index contributed by atoms with van der Waals surface area (Å²) in [6.07, 6.45) is 0. The minimum absolute atomic E-state index is 0.501. The number of aromatic nitrogens is 8. The van der Waals surface area contributed by atoms with Crippen LogP contribution in [0.15, 0.2) is 353 Å². The van der Waals surface area contributed by atoms with Crippen molar-refractivity contribution in [1.82, 2.24) is 39.0 Å². The lowest BCUT2D eigenvalue weighted by molar-refractivity contribution is 0.668. The number of fused-ring (bicyclic) bond motifs is 15. The van der Waals surface area contributed by atoms with Crippen molar-refractivity contribution < 1.29 is 13.3 Å². The Kier molecular flexibility index (Phi) is 13.4. The van der Waals surface area contributed by atoms with Crippen molar-refractivity contribution in [2.24, 2.45) is 0 Å². The normalized spacial score (nSPS) is 11.9. The zero-order valence-electron chi connectivity index (χ0n) is 57.1. The minimum atomic E-state index is 0.501. The maximum atomic E-state index is 7.22. The van der Waals surface area contributed by atoms with Gasteiger partial charge in [-0.25, -0.2) is 29.9 Å². The summed E-state index contributed by atoms with van der Waals surface area (Å²) < 4.78 is 25.3. The van der Waals surface area contributed by atoms with E-state index in [-0.39, 0.29) is 0 Å². The fraction of sp³-hybridized carbons (Fsp3) is 0. The van der Waals surface area contributed by atoms with Crippen molar-refractivity contribution in [3.8, 4) is 113 Å². The molecule has 0 N–H and O–H groups in total. The Morgan fingerprint density at radius 2 is 0.570 bits per heavy atom. The summed E-state index contributed by atoms with van der Waals surface area (Å²) in [7, 11) is 0. The topological polar surface area (TPSA) is 127 Å². The smallest absolute Gasteiger partial charge is 0.164 e. The molecule has 0 saturated heterocycles. The number of para-hydroxylation sites is 4. The van der Waals surface area contributed by atoms with Crippen LogP contribution in [0.25, 0.3) is 223 Å². The van der Waals surface area contributed by atoms with Crippen molar-refractivity contribution >= 4 is 109 Å². The van der Waals surface area contributed by atoms with Crippen LogP contribution in [-0.2, 0) is 0 Å². The summed E-state index contributed by atoms with van der Waals surface area (Å²) in [6, 6.07) is 118. The predicted octanol–water partition coefficient (Wildman–Crippen LogP) is 25.0. The summed E-state index contributed by atoms with van der Waals surface area (Å²) in [5.74, 6) is 3.17. The zero-order valence-corrected chi connectivity index (χ0v) is 57.1. The van der Waals surface area contributed by atoms with Crippen LogP contribution in [-0.4, -0.2) is 39.0 Å². The lowest BCUT2D eigenvalue weighted by Gasteiger charge is -2.12. The third kappa shape index (κ3) is 9.75. The average Bonchev–Trinajstić information content (AvgIpc) is 1.57. The first-order chi connectivity index (χ1) is 53.0. The molecule has 0 aliphatic rings. The van der Waals surface area contributed by atoms with Crippen molar-refractivity contribution in [2.75, 3.05) is 0 Å². The van der Waals surface area contributed by atoms with Gasteiger partial charge in [0.15, 0.2) is 34.9 Å². The van der Waals surface area contributed by atoms with E-state index in [1.807, 2.05) is 121 Å². The van der Waals surface area contributed by atoms with E-state index in [4.69, 9.17) is 43.2 Å². The van der Waals surface area contributed by atoms with E-state index in [0.717, 1.165) is 160 Å². The van der Waals surface area contributed by atoms with Gasteiger partial charge in [0.1, 0.15) is 33.5 Å². The summed E-state index contributed by atoms with van der Waals surface area (Å²) in [4.78, 5) is 31.9. The number of rotatable bonds is 11. The van der Waals surface area contributed by atoms with E-state index in [1.54, 1.807) is 0 Å². The van der Waals surface area contributed by atoms with E-state index in [9.17, 15) is 0 Å². The SMILES string of the molecule is c1ccc(-c2nc(-c3cccc(-c4ccc(-c5nc(-c6ccccc6)nc(-c6ccccc6)n5)c5c4oc4ccc(-c6cccc7oc8ccccc8c67)cc45)c3)nc(-c3cccc4oc5ccc(-c6ccc7c(c6)c6cc8c(cc6n7-c6ccccc6)c6ccccc6n8-c6ccccc6)cc5c34)n2)cc1. The fourth-order valence-electron chi connectivity index (χ4n) is 16.1. The molecule has 107 heavy (non-hydrogen) atoms. The molecule has 0 amide bonds. The van der Waals surface area contributed by atoms with E-state index in [1.165, 1.54) is 16.3 Å². The quantitative estimate of drug-likeness (QED) is 0.124. The van der Waals surface area contributed by atoms with Crippen LogP contribution in [0.4, 0.5) is 0 Å². The van der Waals surface area contributed by atoms with Gasteiger partial charge in [-0.05, 0) is 143 Å². The number of benzene rings is 15. The molecule has 0 fully saturated rings. The van der Waals surface area contributed by atoms with Gasteiger partial charge in [0.25, 0.3) is 0 Å². The number of hydrogen-bond donors (Lipinski definition) is 0. The van der Waals surface area contributed by atoms with Crippen molar-refractivity contribution in [3.63, 3.8) is 0 Å². The van der Waals surface area contributed by atoms with Crippen molar-refractivity contribution in [1.29, 1.82) is 0 Å². The second-order valence-corrected chi connectivity index (χ2v) is 27.2. The summed E-state index contributed by atoms with van der Waals surface area (Å²) >= 11 is 0. The summed E-state index contributed by atoms with van der Waals surface area (Å²) in [5.41, 5.74) is 22.2. The Balaban J connectivity index is 0.700. The molecule has 22 aromatic rings. The maximum absolute atomic E-state index is 7.22. The van der Waals surface area contributed by atoms with Gasteiger partial charge in [-0.1, -0.05) is 224 Å². The molecule has 498 valence electrons. The molecule has 0 aliphatic carbocycles. The lowest BCUT2D eigenvalue weighted by atomic mass is 9.94. The molecule has 0 radical (unpaired) electrons. The molecular weight excluding hydrogens is 1310 g/mol. The Morgan fingerprint density at radius 3 is 1.20 bits per heavy atom. The van der Waals surface area contributed by atoms with Crippen LogP contribution in [0.2, 0.25) is 0 Å². The van der Waals surface area contributed by atoms with Gasteiger partial charge in [-0.15, -0.1) is 0 Å². The van der Waals surface area contributed by atoms with Crippen LogP contribution in [0.3, 0.4) is 0 Å². The molecule has 0 atom stereocenters. The largest absolute Gasteiger partial charge is 0.456 e. The monoisotopic (exact) mass is 1370 g/mol. The van der Waals surface area contributed by atoms with E-state index in [2.05, 4.69) is 228 Å². The molecule has 0 spiro atoms. The molecule has 11 nitrogen and oxygen atoms in total. The van der Waals surface area contributed by atoms with Gasteiger partial charge in [0.2, 0.25) is 0 Å². The highest BCUT2D eigenvalue weighted by Crippen LogP contribution is 2.47. The molecule has 0 bridgehead atoms. The highest BCUT2D eigenvalue weighted by Gasteiger charge is 2.26. The van der Waals surface area contributed by atoms with E-state index < -0.39 is 0 Å². The third-order valence-corrected chi connectivity index (χ3v) is 21.0. The first-order valence-corrected chi connectivity index (χ1v) is 35.8. The molecule has 15 aromatic carbocycles. The van der Waals surface area contributed by atoms with Gasteiger partial charge in [0.05, 0.1) is 22.1 Å². The summed E-state index contributed by atoms with van der Waals surface area (Å²) in [6.45, 7) is 0. The molecule has 22 rings (SSSR count). The fourth-order valence-corrected chi connectivity index (χ4v) is 16.1. The second kappa shape index (κ2) is 24.0. The van der Waals surface area contributed by atoms with E-state index >= 15 is 0 Å².